The van der Waals surface area contributed by atoms with Gasteiger partial charge in [0.1, 0.15) is 0 Å². The Morgan fingerprint density at radius 1 is 1.00 bits per heavy atom. The maximum Gasteiger partial charge on any atom is 0.234 e. The molecule has 0 aliphatic carbocycles. The number of fused-ring (bicyclic) bond motifs is 1. The van der Waals surface area contributed by atoms with E-state index in [1.165, 1.54) is 11.8 Å². The fourth-order valence-electron chi connectivity index (χ4n) is 3.12. The van der Waals surface area contributed by atoms with Gasteiger partial charge >= 0.3 is 0 Å². The van der Waals surface area contributed by atoms with Gasteiger partial charge in [0, 0.05) is 17.1 Å². The summed E-state index contributed by atoms with van der Waals surface area (Å²) in [6.07, 6.45) is 0.539. The SMILES string of the molecule is Cc1ccccc1NC(=O)CSC1=Nc2ccccc2N=C(c2cccc(Cl)c2)C1. The Hall–Kier alpha value is -2.89. The Bertz CT molecular complexity index is 1160. The van der Waals surface area contributed by atoms with Crippen LogP contribution in [0.4, 0.5) is 17.1 Å². The van der Waals surface area contributed by atoms with E-state index in [9.17, 15) is 4.79 Å². The monoisotopic (exact) mass is 433 g/mol. The van der Waals surface area contributed by atoms with Crippen molar-refractivity contribution in [2.75, 3.05) is 11.1 Å². The molecular formula is C24H20ClN3OS. The fraction of sp³-hybridized carbons (Fsp3) is 0.125. The lowest BCUT2D eigenvalue weighted by Gasteiger charge is -2.10. The van der Waals surface area contributed by atoms with E-state index in [2.05, 4.69) is 5.32 Å². The Balaban J connectivity index is 1.54. The van der Waals surface area contributed by atoms with Crippen LogP contribution in [-0.2, 0) is 4.79 Å². The molecule has 0 spiro atoms. The van der Waals surface area contributed by atoms with Gasteiger partial charge in [0.15, 0.2) is 0 Å². The van der Waals surface area contributed by atoms with Crippen molar-refractivity contribution < 1.29 is 4.79 Å². The lowest BCUT2D eigenvalue weighted by molar-refractivity contribution is -0.113. The first-order chi connectivity index (χ1) is 14.6. The number of amides is 1. The molecule has 0 unspecified atom stereocenters. The summed E-state index contributed by atoms with van der Waals surface area (Å²) in [5.74, 6) is 0.216. The Kier molecular flexibility index (Phi) is 6.31. The van der Waals surface area contributed by atoms with Gasteiger partial charge in [-0.1, -0.05) is 54.1 Å². The summed E-state index contributed by atoms with van der Waals surface area (Å²) in [6.45, 7) is 1.98. The quantitative estimate of drug-likeness (QED) is 0.505. The van der Waals surface area contributed by atoms with Crippen molar-refractivity contribution >= 4 is 57.1 Å². The van der Waals surface area contributed by atoms with Gasteiger partial charge in [-0.3, -0.25) is 9.79 Å². The number of rotatable bonds is 4. The molecule has 0 bridgehead atoms. The van der Waals surface area contributed by atoms with Crippen molar-refractivity contribution in [2.45, 2.75) is 13.3 Å². The molecule has 1 aliphatic heterocycles. The van der Waals surface area contributed by atoms with Crippen LogP contribution in [0, 0.1) is 6.92 Å². The maximum absolute atomic E-state index is 12.5. The minimum Gasteiger partial charge on any atom is -0.325 e. The van der Waals surface area contributed by atoms with Crippen molar-refractivity contribution in [3.8, 4) is 0 Å². The smallest absolute Gasteiger partial charge is 0.234 e. The maximum atomic E-state index is 12.5. The summed E-state index contributed by atoms with van der Waals surface area (Å²) >= 11 is 7.62. The zero-order valence-corrected chi connectivity index (χ0v) is 18.0. The average Bonchev–Trinajstić information content (AvgIpc) is 2.93. The number of nitrogens with zero attached hydrogens (tertiary/aromatic N) is 2. The Morgan fingerprint density at radius 2 is 1.73 bits per heavy atom. The van der Waals surface area contributed by atoms with Crippen molar-refractivity contribution in [3.05, 3.63) is 88.9 Å². The molecule has 0 saturated carbocycles. The Morgan fingerprint density at radius 3 is 2.50 bits per heavy atom. The van der Waals surface area contributed by atoms with Crippen LogP contribution in [0.3, 0.4) is 0 Å². The number of para-hydroxylation sites is 3. The summed E-state index contributed by atoms with van der Waals surface area (Å²) in [5.41, 5.74) is 5.32. The van der Waals surface area contributed by atoms with Gasteiger partial charge in [-0.05, 0) is 48.4 Å². The average molecular weight is 434 g/mol. The molecule has 0 radical (unpaired) electrons. The van der Waals surface area contributed by atoms with E-state index in [-0.39, 0.29) is 11.7 Å². The van der Waals surface area contributed by atoms with Gasteiger partial charge in [-0.25, -0.2) is 4.99 Å². The number of aliphatic imine (C=N–C) groups is 2. The van der Waals surface area contributed by atoms with E-state index >= 15 is 0 Å². The molecule has 4 nitrogen and oxygen atoms in total. The van der Waals surface area contributed by atoms with Crippen LogP contribution in [-0.4, -0.2) is 22.4 Å². The third kappa shape index (κ3) is 4.99. The number of nitrogens with one attached hydrogen (secondary N) is 1. The number of aryl methyl sites for hydroxylation is 1. The van der Waals surface area contributed by atoms with Crippen molar-refractivity contribution in [3.63, 3.8) is 0 Å². The van der Waals surface area contributed by atoms with Crippen molar-refractivity contribution in [2.24, 2.45) is 9.98 Å². The molecular weight excluding hydrogens is 414 g/mol. The number of anilines is 1. The Labute approximate surface area is 185 Å². The van der Waals surface area contributed by atoms with Crippen LogP contribution in [0.2, 0.25) is 5.02 Å². The van der Waals surface area contributed by atoms with Crippen LogP contribution in [0.25, 0.3) is 0 Å². The molecule has 0 saturated heterocycles. The summed E-state index contributed by atoms with van der Waals surface area (Å²) in [4.78, 5) is 22.1. The summed E-state index contributed by atoms with van der Waals surface area (Å²) in [5, 5.41) is 4.48. The van der Waals surface area contributed by atoms with Crippen LogP contribution < -0.4 is 5.32 Å². The second kappa shape index (κ2) is 9.28. The molecule has 6 heteroatoms. The number of carbonyl (C=O) groups excluding carboxylic acids is 1. The fourth-order valence-corrected chi connectivity index (χ4v) is 4.08. The molecule has 1 N–H and O–H groups in total. The van der Waals surface area contributed by atoms with E-state index in [4.69, 9.17) is 21.6 Å². The molecule has 3 aromatic rings. The molecule has 150 valence electrons. The van der Waals surface area contributed by atoms with E-state index in [0.29, 0.717) is 11.4 Å². The number of carbonyl (C=O) groups is 1. The van der Waals surface area contributed by atoms with E-state index in [0.717, 1.165) is 38.9 Å². The number of thioether (sulfide) groups is 1. The highest BCUT2D eigenvalue weighted by Gasteiger charge is 2.17. The van der Waals surface area contributed by atoms with Gasteiger partial charge in [0.25, 0.3) is 0 Å². The van der Waals surface area contributed by atoms with Crippen molar-refractivity contribution in [1.29, 1.82) is 0 Å². The van der Waals surface area contributed by atoms with Gasteiger partial charge in [-0.15, -0.1) is 11.8 Å². The largest absolute Gasteiger partial charge is 0.325 e. The van der Waals surface area contributed by atoms with E-state index < -0.39 is 0 Å². The molecule has 0 aromatic heterocycles. The summed E-state index contributed by atoms with van der Waals surface area (Å²) < 4.78 is 0. The van der Waals surface area contributed by atoms with Crippen LogP contribution >= 0.6 is 23.4 Å². The third-order valence-corrected chi connectivity index (χ3v) is 5.86. The normalized spacial score (nSPS) is 13.0. The van der Waals surface area contributed by atoms with Crippen LogP contribution in [0.5, 0.6) is 0 Å². The zero-order chi connectivity index (χ0) is 20.9. The third-order valence-electron chi connectivity index (χ3n) is 4.65. The van der Waals surface area contributed by atoms with Gasteiger partial charge < -0.3 is 5.32 Å². The molecule has 0 fully saturated rings. The number of hydrogen-bond donors (Lipinski definition) is 1. The second-order valence-corrected chi connectivity index (χ2v) is 8.38. The highest BCUT2D eigenvalue weighted by molar-refractivity contribution is 8.14. The van der Waals surface area contributed by atoms with E-state index in [1.54, 1.807) is 0 Å². The molecule has 1 aliphatic rings. The minimum absolute atomic E-state index is 0.0595. The summed E-state index contributed by atoms with van der Waals surface area (Å²) in [7, 11) is 0. The molecule has 1 heterocycles. The zero-order valence-electron chi connectivity index (χ0n) is 16.4. The molecule has 1 amide bonds. The predicted octanol–water partition coefficient (Wildman–Crippen LogP) is 6.57. The van der Waals surface area contributed by atoms with Crippen LogP contribution in [0.1, 0.15) is 17.5 Å². The molecule has 30 heavy (non-hydrogen) atoms. The van der Waals surface area contributed by atoms with E-state index in [1.807, 2.05) is 79.7 Å². The highest BCUT2D eigenvalue weighted by atomic mass is 35.5. The lowest BCUT2D eigenvalue weighted by Crippen LogP contribution is -2.16. The van der Waals surface area contributed by atoms with Crippen LogP contribution in [0.15, 0.2) is 82.8 Å². The number of hydrogen-bond acceptors (Lipinski definition) is 4. The van der Waals surface area contributed by atoms with Crippen molar-refractivity contribution in [1.82, 2.24) is 0 Å². The summed E-state index contributed by atoms with van der Waals surface area (Å²) in [6, 6.07) is 23.2. The first-order valence-corrected chi connectivity index (χ1v) is 10.9. The second-order valence-electron chi connectivity index (χ2n) is 6.89. The van der Waals surface area contributed by atoms with Gasteiger partial charge in [-0.2, -0.15) is 0 Å². The van der Waals surface area contributed by atoms with Gasteiger partial charge in [0.05, 0.1) is 27.9 Å². The first-order valence-electron chi connectivity index (χ1n) is 9.57. The standard InChI is InChI=1S/C24H20ClN3OS/c1-16-7-2-3-10-19(16)27-23(29)15-30-24-14-22(17-8-6-9-18(25)13-17)26-20-11-4-5-12-21(20)28-24/h2-13H,14-15H2,1H3,(H,27,29). The highest BCUT2D eigenvalue weighted by Crippen LogP contribution is 2.33. The number of benzene rings is 3. The molecule has 0 atom stereocenters. The molecule has 4 rings (SSSR count). The number of halogens is 1. The first kappa shape index (κ1) is 20.4. The van der Waals surface area contributed by atoms with Gasteiger partial charge in [0.2, 0.25) is 5.91 Å². The molecule has 3 aromatic carbocycles. The minimum atomic E-state index is -0.0595. The predicted molar refractivity (Wildman–Crippen MR) is 128 cm³/mol. The lowest BCUT2D eigenvalue weighted by atomic mass is 10.1. The topological polar surface area (TPSA) is 53.8 Å².